The highest BCUT2D eigenvalue weighted by Crippen LogP contribution is 2.57. The lowest BCUT2D eigenvalue weighted by Crippen LogP contribution is -2.11. The van der Waals surface area contributed by atoms with Gasteiger partial charge in [-0.25, -0.2) is 0 Å². The average Bonchev–Trinajstić information content (AvgIpc) is 3.54. The highest BCUT2D eigenvalue weighted by molar-refractivity contribution is 6.38. The van der Waals surface area contributed by atoms with Crippen molar-refractivity contribution in [2.24, 2.45) is 0 Å². The number of hydrogen-bond donors (Lipinski definition) is 0. The Morgan fingerprint density at radius 3 is 1.70 bits per heavy atom. The van der Waals surface area contributed by atoms with Gasteiger partial charge in [0.1, 0.15) is 0 Å². The summed E-state index contributed by atoms with van der Waals surface area (Å²) >= 11 is 0. The first-order valence-electron chi connectivity index (χ1n) is 19.4. The van der Waals surface area contributed by atoms with E-state index in [-0.39, 0.29) is 0 Å². The van der Waals surface area contributed by atoms with Gasteiger partial charge in [0, 0.05) is 43.9 Å². The van der Waals surface area contributed by atoms with Crippen LogP contribution in [0.4, 0.5) is 17.1 Å². The average molecular weight is 711 g/mol. The maximum absolute atomic E-state index is 2.52. The molecule has 10 aromatic carbocycles. The van der Waals surface area contributed by atoms with Crippen LogP contribution >= 0.6 is 0 Å². The maximum atomic E-state index is 2.52. The van der Waals surface area contributed by atoms with Crippen LogP contribution < -0.4 is 4.90 Å². The van der Waals surface area contributed by atoms with Crippen LogP contribution in [0.5, 0.6) is 0 Å². The molecule has 11 aromatic rings. The van der Waals surface area contributed by atoms with Crippen molar-refractivity contribution in [1.82, 2.24) is 4.57 Å². The molecule has 0 N–H and O–H groups in total. The second kappa shape index (κ2) is 12.0. The minimum Gasteiger partial charge on any atom is -0.309 e. The third-order valence-electron chi connectivity index (χ3n) is 11.9. The standard InChI is InChI=1S/C54H34N2/c1-4-17-35(18-5-1)39-24-14-15-29-46(39)56-47-30-16-28-41-43-32-31-36-19-10-11-25-40(36)49(43)51-42-26-12-13-27-44(42)54(45-33-34-48(56)53(50(41)47)52(45)51)55(37-20-6-2-7-21-37)38-22-8-3-9-23-38/h1-34H. The maximum Gasteiger partial charge on any atom is 0.0619 e. The number of fused-ring (bicyclic) bond motifs is 7. The molecule has 0 atom stereocenters. The van der Waals surface area contributed by atoms with Crippen LogP contribution in [-0.4, -0.2) is 4.57 Å². The van der Waals surface area contributed by atoms with Crippen molar-refractivity contribution in [2.75, 3.05) is 4.90 Å². The van der Waals surface area contributed by atoms with E-state index in [1.807, 2.05) is 0 Å². The van der Waals surface area contributed by atoms with Crippen LogP contribution in [0, 0.1) is 0 Å². The lowest BCUT2D eigenvalue weighted by molar-refractivity contribution is 1.18. The van der Waals surface area contributed by atoms with Gasteiger partial charge in [-0.1, -0.05) is 164 Å². The topological polar surface area (TPSA) is 8.17 Å². The molecule has 0 saturated carbocycles. The molecule has 0 bridgehead atoms. The Balaban J connectivity index is 1.34. The quantitative estimate of drug-likeness (QED) is 0.161. The Hall–Kier alpha value is -7.42. The molecule has 0 aliphatic heterocycles. The Morgan fingerprint density at radius 2 is 0.929 bits per heavy atom. The highest BCUT2D eigenvalue weighted by atomic mass is 15.1. The number of aromatic nitrogens is 1. The van der Waals surface area contributed by atoms with Gasteiger partial charge in [0.25, 0.3) is 0 Å². The predicted molar refractivity (Wildman–Crippen MR) is 238 cm³/mol. The molecule has 2 heteroatoms. The normalized spacial score (nSPS) is 11.9. The highest BCUT2D eigenvalue weighted by Gasteiger charge is 2.31. The van der Waals surface area contributed by atoms with Crippen molar-refractivity contribution >= 4 is 71.2 Å². The summed E-state index contributed by atoms with van der Waals surface area (Å²) in [6.07, 6.45) is 0. The Morgan fingerprint density at radius 1 is 0.321 bits per heavy atom. The molecule has 0 amide bonds. The van der Waals surface area contributed by atoms with E-state index in [0.717, 1.165) is 11.4 Å². The molecule has 1 aliphatic rings. The van der Waals surface area contributed by atoms with Crippen molar-refractivity contribution in [1.29, 1.82) is 0 Å². The Labute approximate surface area is 324 Å². The Bertz CT molecular complexity index is 3300. The number of benzene rings is 10. The zero-order chi connectivity index (χ0) is 36.7. The number of para-hydroxylation sites is 3. The van der Waals surface area contributed by atoms with Crippen LogP contribution in [0.15, 0.2) is 206 Å². The largest absolute Gasteiger partial charge is 0.309 e. The zero-order valence-electron chi connectivity index (χ0n) is 30.5. The van der Waals surface area contributed by atoms with E-state index in [0.29, 0.717) is 0 Å². The van der Waals surface area contributed by atoms with Gasteiger partial charge in [-0.15, -0.1) is 0 Å². The molecular formula is C54H34N2. The predicted octanol–water partition coefficient (Wildman–Crippen LogP) is 15.0. The van der Waals surface area contributed by atoms with Gasteiger partial charge in [0.2, 0.25) is 0 Å². The summed E-state index contributed by atoms with van der Waals surface area (Å²) in [6.45, 7) is 0. The first-order chi connectivity index (χ1) is 27.8. The summed E-state index contributed by atoms with van der Waals surface area (Å²) in [6, 6.07) is 75.7. The molecule has 12 rings (SSSR count). The molecule has 1 heterocycles. The lowest BCUT2D eigenvalue weighted by atomic mass is 9.85. The van der Waals surface area contributed by atoms with Gasteiger partial charge in [-0.2, -0.15) is 0 Å². The summed E-state index contributed by atoms with van der Waals surface area (Å²) in [5, 5.41) is 10.1. The number of rotatable bonds is 5. The van der Waals surface area contributed by atoms with E-state index in [1.165, 1.54) is 98.9 Å². The molecular weight excluding hydrogens is 677 g/mol. The molecule has 2 nitrogen and oxygen atoms in total. The van der Waals surface area contributed by atoms with Gasteiger partial charge in [0.05, 0.1) is 22.4 Å². The fourth-order valence-corrected chi connectivity index (χ4v) is 9.64. The van der Waals surface area contributed by atoms with E-state index in [4.69, 9.17) is 0 Å². The van der Waals surface area contributed by atoms with Crippen LogP contribution in [0.3, 0.4) is 0 Å². The van der Waals surface area contributed by atoms with Crippen LogP contribution in [0.2, 0.25) is 0 Å². The third kappa shape index (κ3) is 4.33. The van der Waals surface area contributed by atoms with Gasteiger partial charge in [-0.05, 0) is 86.4 Å². The van der Waals surface area contributed by atoms with Crippen LogP contribution in [-0.2, 0) is 0 Å². The first kappa shape index (κ1) is 31.0. The van der Waals surface area contributed by atoms with E-state index < -0.39 is 0 Å². The van der Waals surface area contributed by atoms with Crippen LogP contribution in [0.1, 0.15) is 0 Å². The van der Waals surface area contributed by atoms with Gasteiger partial charge in [0.15, 0.2) is 0 Å². The van der Waals surface area contributed by atoms with Crippen molar-refractivity contribution in [3.05, 3.63) is 206 Å². The fourth-order valence-electron chi connectivity index (χ4n) is 9.64. The molecule has 0 fully saturated rings. The summed E-state index contributed by atoms with van der Waals surface area (Å²) in [5.74, 6) is 0. The molecule has 260 valence electrons. The van der Waals surface area contributed by atoms with E-state index in [9.17, 15) is 0 Å². The minimum absolute atomic E-state index is 1.12. The van der Waals surface area contributed by atoms with Crippen molar-refractivity contribution in [3.8, 4) is 39.1 Å². The van der Waals surface area contributed by atoms with Crippen molar-refractivity contribution in [3.63, 3.8) is 0 Å². The van der Waals surface area contributed by atoms with Crippen LogP contribution in [0.25, 0.3) is 93.2 Å². The first-order valence-corrected chi connectivity index (χ1v) is 19.4. The number of hydrogen-bond acceptors (Lipinski definition) is 1. The second-order valence-corrected chi connectivity index (χ2v) is 14.8. The monoisotopic (exact) mass is 710 g/mol. The van der Waals surface area contributed by atoms with Crippen molar-refractivity contribution in [2.45, 2.75) is 0 Å². The molecule has 56 heavy (non-hydrogen) atoms. The third-order valence-corrected chi connectivity index (χ3v) is 11.9. The fraction of sp³-hybridized carbons (Fsp3) is 0. The van der Waals surface area contributed by atoms with Gasteiger partial charge in [-0.3, -0.25) is 0 Å². The Kier molecular flexibility index (Phi) is 6.66. The summed E-state index contributed by atoms with van der Waals surface area (Å²) < 4.78 is 2.52. The number of nitrogens with zero attached hydrogens (tertiary/aromatic N) is 2. The van der Waals surface area contributed by atoms with Crippen molar-refractivity contribution < 1.29 is 0 Å². The second-order valence-electron chi connectivity index (χ2n) is 14.8. The zero-order valence-corrected chi connectivity index (χ0v) is 30.5. The molecule has 0 unspecified atom stereocenters. The summed E-state index contributed by atoms with van der Waals surface area (Å²) in [7, 11) is 0. The lowest BCUT2D eigenvalue weighted by Gasteiger charge is -2.30. The van der Waals surface area contributed by atoms with Gasteiger partial charge >= 0.3 is 0 Å². The number of anilines is 3. The SMILES string of the molecule is c1ccc(-c2ccccc2-n2c3cccc4c3c3c5c(c6ccccc6c(N(c6ccccc6)c6ccccc6)c5ccc32)-c2c-4ccc3ccccc23)cc1. The van der Waals surface area contributed by atoms with Gasteiger partial charge < -0.3 is 9.47 Å². The van der Waals surface area contributed by atoms with E-state index >= 15 is 0 Å². The molecule has 0 saturated heterocycles. The molecule has 1 aromatic heterocycles. The smallest absolute Gasteiger partial charge is 0.0619 e. The van der Waals surface area contributed by atoms with E-state index in [2.05, 4.69) is 216 Å². The summed E-state index contributed by atoms with van der Waals surface area (Å²) in [5.41, 5.74) is 14.6. The van der Waals surface area contributed by atoms with E-state index in [1.54, 1.807) is 0 Å². The minimum atomic E-state index is 1.12. The molecule has 1 aliphatic carbocycles. The summed E-state index contributed by atoms with van der Waals surface area (Å²) in [4.78, 5) is 2.47. The molecule has 0 radical (unpaired) electrons. The molecule has 0 spiro atoms.